The minimum atomic E-state index is 0. The van der Waals surface area contributed by atoms with Crippen LogP contribution in [-0.4, -0.2) is 10.8 Å². The molecule has 0 bridgehead atoms. The smallest absolute Gasteiger partial charge is 0.178 e. The van der Waals surface area contributed by atoms with Crippen LogP contribution in [-0.2, 0) is 0 Å². The van der Waals surface area contributed by atoms with Crippen LogP contribution in [0.15, 0.2) is 30.3 Å². The predicted molar refractivity (Wildman–Crippen MR) is 91.6 cm³/mol. The molecular formula is C18H31NO. The summed E-state index contributed by atoms with van der Waals surface area (Å²) in [6.45, 7) is 10.4. The number of hydrogen-bond donors (Lipinski definition) is 1. The molecule has 0 saturated heterocycles. The van der Waals surface area contributed by atoms with E-state index < -0.39 is 0 Å². The number of rotatable bonds is 2. The summed E-state index contributed by atoms with van der Waals surface area (Å²) in [5, 5.41) is 1.10. The molecule has 1 aromatic carbocycles. The third-order valence-corrected chi connectivity index (χ3v) is 2.15. The second-order valence-corrected chi connectivity index (χ2v) is 4.46. The maximum Gasteiger partial charge on any atom is 0.178 e. The molecule has 2 heteroatoms. The lowest BCUT2D eigenvalue weighted by Gasteiger charge is -1.89. The summed E-state index contributed by atoms with van der Waals surface area (Å²) in [6.07, 6.45) is 3.05. The maximum atomic E-state index is 11.4. The highest BCUT2D eigenvalue weighted by Crippen LogP contribution is 2.15. The van der Waals surface area contributed by atoms with Gasteiger partial charge in [-0.1, -0.05) is 73.1 Å². The zero-order valence-corrected chi connectivity index (χ0v) is 12.9. The van der Waals surface area contributed by atoms with Crippen molar-refractivity contribution >= 4 is 16.7 Å². The summed E-state index contributed by atoms with van der Waals surface area (Å²) < 4.78 is 0. The Labute approximate surface area is 124 Å². The van der Waals surface area contributed by atoms with Gasteiger partial charge < -0.3 is 4.98 Å². The van der Waals surface area contributed by atoms with Gasteiger partial charge in [-0.05, 0) is 12.1 Å². The van der Waals surface area contributed by atoms with Gasteiger partial charge in [0.05, 0.1) is 5.69 Å². The number of H-pyrrole nitrogens is 1. The third kappa shape index (κ3) is 7.13. The second kappa shape index (κ2) is 12.5. The third-order valence-electron chi connectivity index (χ3n) is 2.15. The molecule has 1 heterocycles. The number of carbonyl (C=O) groups excluding carboxylic acids is 1. The standard InChI is InChI=1S/C11H11NO.2C3H8.CH4/c1-2-11(13)10-7-8-5-3-4-6-9(8)12-10;2*1-3-2;/h3-7,12H,2H2,1H3;2*3H2,1-2H3;1H4. The number of fused-ring (bicyclic) bond motifs is 1. The molecule has 20 heavy (non-hydrogen) atoms. The van der Waals surface area contributed by atoms with E-state index in [0.717, 1.165) is 10.9 Å². The first-order chi connectivity index (χ1) is 9.14. The molecule has 114 valence electrons. The quantitative estimate of drug-likeness (QED) is 0.648. The molecule has 2 nitrogen and oxygen atoms in total. The van der Waals surface area contributed by atoms with Crippen molar-refractivity contribution in [2.75, 3.05) is 0 Å². The van der Waals surface area contributed by atoms with Crippen LogP contribution in [0, 0.1) is 0 Å². The molecule has 0 atom stereocenters. The van der Waals surface area contributed by atoms with Crippen LogP contribution in [0.4, 0.5) is 0 Å². The average Bonchev–Trinajstić information content (AvgIpc) is 2.83. The largest absolute Gasteiger partial charge is 0.352 e. The molecule has 2 aromatic rings. The van der Waals surface area contributed by atoms with Crippen molar-refractivity contribution in [3.8, 4) is 0 Å². The molecule has 2 rings (SSSR count). The Morgan fingerprint density at radius 3 is 1.95 bits per heavy atom. The number of aromatic amines is 1. The Hall–Kier alpha value is -1.57. The maximum absolute atomic E-state index is 11.4. The Bertz CT molecular complexity index is 436. The second-order valence-electron chi connectivity index (χ2n) is 4.46. The molecule has 0 aliphatic heterocycles. The topological polar surface area (TPSA) is 32.9 Å². The average molecular weight is 277 g/mol. The van der Waals surface area contributed by atoms with Gasteiger partial charge in [-0.2, -0.15) is 0 Å². The number of Topliss-reactive ketones (excluding diaryl/α,β-unsaturated/α-hetero) is 1. The van der Waals surface area contributed by atoms with E-state index in [9.17, 15) is 4.79 Å². The molecule has 1 aromatic heterocycles. The van der Waals surface area contributed by atoms with Crippen LogP contribution >= 0.6 is 0 Å². The van der Waals surface area contributed by atoms with Crippen molar-refractivity contribution in [3.05, 3.63) is 36.0 Å². The fraction of sp³-hybridized carbons (Fsp3) is 0.500. The van der Waals surface area contributed by atoms with Gasteiger partial charge in [0.2, 0.25) is 0 Å². The molecule has 0 spiro atoms. The molecule has 0 aliphatic carbocycles. The van der Waals surface area contributed by atoms with Crippen molar-refractivity contribution in [3.63, 3.8) is 0 Å². The lowest BCUT2D eigenvalue weighted by molar-refractivity contribution is 0.0984. The van der Waals surface area contributed by atoms with Gasteiger partial charge in [-0.25, -0.2) is 0 Å². The van der Waals surface area contributed by atoms with Gasteiger partial charge in [-0.3, -0.25) is 4.79 Å². The summed E-state index contributed by atoms with van der Waals surface area (Å²) in [5.41, 5.74) is 1.74. The Balaban J connectivity index is 0. The first-order valence-corrected chi connectivity index (χ1v) is 7.25. The van der Waals surface area contributed by atoms with E-state index in [1.807, 2.05) is 37.3 Å². The summed E-state index contributed by atoms with van der Waals surface area (Å²) in [4.78, 5) is 14.4. The predicted octanol–water partition coefficient (Wildman–Crippen LogP) is 6.23. The zero-order valence-electron chi connectivity index (χ0n) is 12.9. The summed E-state index contributed by atoms with van der Waals surface area (Å²) in [5.74, 6) is 0.163. The highest BCUT2D eigenvalue weighted by Gasteiger charge is 2.05. The number of aromatic nitrogens is 1. The van der Waals surface area contributed by atoms with Gasteiger partial charge in [0.15, 0.2) is 5.78 Å². The molecule has 0 amide bonds. The highest BCUT2D eigenvalue weighted by molar-refractivity contribution is 5.99. The van der Waals surface area contributed by atoms with E-state index in [-0.39, 0.29) is 13.2 Å². The Morgan fingerprint density at radius 1 is 1.00 bits per heavy atom. The molecule has 0 fully saturated rings. The number of para-hydroxylation sites is 1. The van der Waals surface area contributed by atoms with Crippen molar-refractivity contribution in [1.29, 1.82) is 0 Å². The number of hydrogen-bond acceptors (Lipinski definition) is 1. The molecule has 1 N–H and O–H groups in total. The van der Waals surface area contributed by atoms with E-state index in [1.165, 1.54) is 12.8 Å². The lowest BCUT2D eigenvalue weighted by Crippen LogP contribution is -1.95. The van der Waals surface area contributed by atoms with Crippen LogP contribution in [0.2, 0.25) is 0 Å². The van der Waals surface area contributed by atoms with E-state index in [0.29, 0.717) is 12.1 Å². The van der Waals surface area contributed by atoms with Crippen LogP contribution < -0.4 is 0 Å². The van der Waals surface area contributed by atoms with Gasteiger partial charge in [-0.15, -0.1) is 0 Å². The van der Waals surface area contributed by atoms with Gasteiger partial charge >= 0.3 is 0 Å². The molecule has 0 unspecified atom stereocenters. The van der Waals surface area contributed by atoms with E-state index in [4.69, 9.17) is 0 Å². The van der Waals surface area contributed by atoms with Gasteiger partial charge in [0.1, 0.15) is 0 Å². The van der Waals surface area contributed by atoms with E-state index in [2.05, 4.69) is 32.7 Å². The van der Waals surface area contributed by atoms with E-state index >= 15 is 0 Å². The number of nitrogens with one attached hydrogen (secondary N) is 1. The van der Waals surface area contributed by atoms with Crippen LogP contribution in [0.3, 0.4) is 0 Å². The van der Waals surface area contributed by atoms with Crippen molar-refractivity contribution < 1.29 is 4.79 Å². The zero-order chi connectivity index (χ0) is 14.7. The Morgan fingerprint density at radius 2 is 1.50 bits per heavy atom. The monoisotopic (exact) mass is 277 g/mol. The van der Waals surface area contributed by atoms with Gasteiger partial charge in [0.25, 0.3) is 0 Å². The number of carbonyl (C=O) groups is 1. The summed E-state index contributed by atoms with van der Waals surface area (Å²) in [6, 6.07) is 9.80. The number of ketones is 1. The summed E-state index contributed by atoms with van der Waals surface area (Å²) >= 11 is 0. The molecular weight excluding hydrogens is 246 g/mol. The van der Waals surface area contributed by atoms with Gasteiger partial charge in [0, 0.05) is 17.3 Å². The highest BCUT2D eigenvalue weighted by atomic mass is 16.1. The van der Waals surface area contributed by atoms with E-state index in [1.54, 1.807) is 0 Å². The van der Waals surface area contributed by atoms with Crippen LogP contribution in [0.25, 0.3) is 10.9 Å². The SMILES string of the molecule is C.CCC.CCC.CCC(=O)c1cc2ccccc2[nH]1. The van der Waals surface area contributed by atoms with Crippen molar-refractivity contribution in [2.45, 2.75) is 61.3 Å². The fourth-order valence-electron chi connectivity index (χ4n) is 1.41. The minimum absolute atomic E-state index is 0. The van der Waals surface area contributed by atoms with Crippen LogP contribution in [0.1, 0.15) is 71.8 Å². The Kier molecular flexibility index (Phi) is 12.9. The van der Waals surface area contributed by atoms with Crippen LogP contribution in [0.5, 0.6) is 0 Å². The molecule has 0 aliphatic rings. The molecule has 0 radical (unpaired) electrons. The summed E-state index contributed by atoms with van der Waals surface area (Å²) in [7, 11) is 0. The minimum Gasteiger partial charge on any atom is -0.352 e. The first kappa shape index (κ1) is 20.7. The normalized spacial score (nSPS) is 8.65. The fourth-order valence-corrected chi connectivity index (χ4v) is 1.41. The molecule has 0 saturated carbocycles. The number of benzene rings is 1. The van der Waals surface area contributed by atoms with Crippen molar-refractivity contribution in [2.24, 2.45) is 0 Å². The lowest BCUT2D eigenvalue weighted by atomic mass is 10.2. The first-order valence-electron chi connectivity index (χ1n) is 7.25. The van der Waals surface area contributed by atoms with Crippen molar-refractivity contribution in [1.82, 2.24) is 4.98 Å².